The van der Waals surface area contributed by atoms with E-state index in [9.17, 15) is 4.79 Å². The lowest BCUT2D eigenvalue weighted by Crippen LogP contribution is -2.19. The van der Waals surface area contributed by atoms with Crippen molar-refractivity contribution in [2.45, 2.75) is 18.6 Å². The molecule has 1 unspecified atom stereocenters. The Kier molecular flexibility index (Phi) is 3.82. The van der Waals surface area contributed by atoms with Crippen LogP contribution in [-0.2, 0) is 4.79 Å². The molecule has 1 fully saturated rings. The molecule has 1 aromatic carbocycles. The second-order valence-electron chi connectivity index (χ2n) is 4.78. The van der Waals surface area contributed by atoms with Crippen molar-refractivity contribution in [1.82, 2.24) is 15.1 Å². The number of hydrogen-bond donors (Lipinski definition) is 2. The average Bonchev–Trinajstić information content (AvgIpc) is 2.93. The molecule has 1 N–H and O–H groups in total. The summed E-state index contributed by atoms with van der Waals surface area (Å²) in [6.07, 6.45) is 1.90. The molecule has 1 aromatic heterocycles. The molecule has 21 heavy (non-hydrogen) atoms. The minimum absolute atomic E-state index is 0.0775. The van der Waals surface area contributed by atoms with Crippen LogP contribution in [0.5, 0.6) is 0 Å². The molecule has 2 aromatic rings. The standard InChI is InChI=1S/C15H15N3OS2/c1-9-12(8-13-14(19)16-15(20)21-13)10(2)18(17-9)11-6-4-3-5-7-11/h3-8,15,20H,1-2H3,(H,16,19)/b13-8-. The zero-order valence-corrected chi connectivity index (χ0v) is 13.4. The molecule has 1 saturated heterocycles. The highest BCUT2D eigenvalue weighted by molar-refractivity contribution is 8.14. The Morgan fingerprint density at radius 3 is 2.67 bits per heavy atom. The van der Waals surface area contributed by atoms with E-state index >= 15 is 0 Å². The first kappa shape index (κ1) is 14.3. The van der Waals surface area contributed by atoms with Gasteiger partial charge in [0.25, 0.3) is 5.91 Å². The second-order valence-corrected chi connectivity index (χ2v) is 6.80. The summed E-state index contributed by atoms with van der Waals surface area (Å²) in [6, 6.07) is 9.96. The number of rotatable bonds is 2. The highest BCUT2D eigenvalue weighted by Gasteiger charge is 2.25. The fraction of sp³-hybridized carbons (Fsp3) is 0.200. The Morgan fingerprint density at radius 2 is 2.05 bits per heavy atom. The van der Waals surface area contributed by atoms with Gasteiger partial charge in [0.1, 0.15) is 4.71 Å². The number of amides is 1. The molecule has 0 bridgehead atoms. The van der Waals surface area contributed by atoms with E-state index in [2.05, 4.69) is 23.0 Å². The summed E-state index contributed by atoms with van der Waals surface area (Å²) in [5.74, 6) is -0.0775. The molecule has 3 rings (SSSR count). The van der Waals surface area contributed by atoms with E-state index < -0.39 is 0 Å². The van der Waals surface area contributed by atoms with E-state index in [0.717, 1.165) is 22.6 Å². The third-order valence-corrected chi connectivity index (χ3v) is 4.68. The number of benzene rings is 1. The number of nitrogens with zero attached hydrogens (tertiary/aromatic N) is 2. The number of thiol groups is 1. The molecule has 1 atom stereocenters. The van der Waals surface area contributed by atoms with E-state index in [-0.39, 0.29) is 10.6 Å². The Balaban J connectivity index is 2.04. The molecule has 0 saturated carbocycles. The number of carbonyl (C=O) groups is 1. The van der Waals surface area contributed by atoms with E-state index in [1.165, 1.54) is 11.8 Å². The maximum absolute atomic E-state index is 11.8. The molecule has 0 aliphatic carbocycles. The Bertz CT molecular complexity index is 722. The molecule has 1 aliphatic heterocycles. The fourth-order valence-electron chi connectivity index (χ4n) is 2.30. The normalized spacial score (nSPS) is 20.0. The lowest BCUT2D eigenvalue weighted by molar-refractivity contribution is -0.116. The zero-order valence-electron chi connectivity index (χ0n) is 11.7. The van der Waals surface area contributed by atoms with Gasteiger partial charge in [0.2, 0.25) is 0 Å². The van der Waals surface area contributed by atoms with Gasteiger partial charge in [0.05, 0.1) is 16.3 Å². The predicted octanol–water partition coefficient (Wildman–Crippen LogP) is 2.91. The molecule has 1 amide bonds. The van der Waals surface area contributed by atoms with Crippen molar-refractivity contribution in [1.29, 1.82) is 0 Å². The topological polar surface area (TPSA) is 46.9 Å². The summed E-state index contributed by atoms with van der Waals surface area (Å²) in [5, 5.41) is 7.34. The Hall–Kier alpha value is -1.66. The third kappa shape index (κ3) is 2.73. The van der Waals surface area contributed by atoms with Gasteiger partial charge in [-0.15, -0.1) is 12.6 Å². The van der Waals surface area contributed by atoms with Crippen LogP contribution in [0.1, 0.15) is 17.0 Å². The molecule has 0 spiro atoms. The summed E-state index contributed by atoms with van der Waals surface area (Å²) in [4.78, 5) is 12.5. The highest BCUT2D eigenvalue weighted by atomic mass is 32.2. The van der Waals surface area contributed by atoms with Gasteiger partial charge in [-0.1, -0.05) is 30.0 Å². The molecule has 4 nitrogen and oxygen atoms in total. The number of hydrogen-bond acceptors (Lipinski definition) is 4. The van der Waals surface area contributed by atoms with E-state index in [4.69, 9.17) is 0 Å². The van der Waals surface area contributed by atoms with Crippen LogP contribution < -0.4 is 5.32 Å². The number of aryl methyl sites for hydroxylation is 1. The zero-order chi connectivity index (χ0) is 15.0. The molecule has 6 heteroatoms. The van der Waals surface area contributed by atoms with Crippen molar-refractivity contribution in [3.05, 3.63) is 52.2 Å². The molecular formula is C15H15N3OS2. The number of carbonyl (C=O) groups excluding carboxylic acids is 1. The van der Waals surface area contributed by atoms with Crippen molar-refractivity contribution in [3.8, 4) is 5.69 Å². The smallest absolute Gasteiger partial charge is 0.259 e. The second kappa shape index (κ2) is 5.61. The summed E-state index contributed by atoms with van der Waals surface area (Å²) in [5.41, 5.74) is 3.92. The van der Waals surface area contributed by atoms with Gasteiger partial charge >= 0.3 is 0 Å². The largest absolute Gasteiger partial charge is 0.331 e. The average molecular weight is 317 g/mol. The van der Waals surface area contributed by atoms with Crippen LogP contribution in [0.15, 0.2) is 35.2 Å². The van der Waals surface area contributed by atoms with Gasteiger partial charge in [-0.3, -0.25) is 4.79 Å². The van der Waals surface area contributed by atoms with Crippen LogP contribution in [0, 0.1) is 13.8 Å². The first-order valence-corrected chi connectivity index (χ1v) is 7.95. The molecular weight excluding hydrogens is 302 g/mol. The molecule has 0 radical (unpaired) electrons. The Labute approximate surface area is 133 Å². The molecule has 1 aliphatic rings. The van der Waals surface area contributed by atoms with E-state index in [1.807, 2.05) is 54.9 Å². The van der Waals surface area contributed by atoms with Crippen LogP contribution in [0.4, 0.5) is 0 Å². The van der Waals surface area contributed by atoms with Crippen LogP contribution >= 0.6 is 24.4 Å². The van der Waals surface area contributed by atoms with Gasteiger partial charge < -0.3 is 5.32 Å². The Morgan fingerprint density at radius 1 is 1.33 bits per heavy atom. The SMILES string of the molecule is Cc1nn(-c2ccccc2)c(C)c1/C=C1\SC(S)NC1=O. The van der Waals surface area contributed by atoms with Crippen LogP contribution in [0.3, 0.4) is 0 Å². The van der Waals surface area contributed by atoms with E-state index in [1.54, 1.807) is 0 Å². The van der Waals surface area contributed by atoms with Crippen LogP contribution in [-0.4, -0.2) is 20.4 Å². The van der Waals surface area contributed by atoms with Gasteiger partial charge in [0, 0.05) is 11.3 Å². The van der Waals surface area contributed by atoms with Crippen molar-refractivity contribution in [2.24, 2.45) is 0 Å². The van der Waals surface area contributed by atoms with Crippen molar-refractivity contribution >= 4 is 36.4 Å². The molecule has 108 valence electrons. The maximum Gasteiger partial charge on any atom is 0.259 e. The minimum atomic E-state index is -0.173. The quantitative estimate of drug-likeness (QED) is 0.661. The van der Waals surface area contributed by atoms with Gasteiger partial charge in [-0.25, -0.2) is 4.68 Å². The van der Waals surface area contributed by atoms with Crippen LogP contribution in [0.2, 0.25) is 0 Å². The number of para-hydroxylation sites is 1. The summed E-state index contributed by atoms with van der Waals surface area (Å²) in [6.45, 7) is 3.96. The summed E-state index contributed by atoms with van der Waals surface area (Å²) in [7, 11) is 0. The van der Waals surface area contributed by atoms with Gasteiger partial charge in [0.15, 0.2) is 0 Å². The van der Waals surface area contributed by atoms with Crippen molar-refractivity contribution < 1.29 is 4.79 Å². The first-order valence-electron chi connectivity index (χ1n) is 6.55. The minimum Gasteiger partial charge on any atom is -0.331 e. The number of nitrogens with one attached hydrogen (secondary N) is 1. The van der Waals surface area contributed by atoms with Crippen molar-refractivity contribution in [2.75, 3.05) is 0 Å². The lowest BCUT2D eigenvalue weighted by Gasteiger charge is -2.03. The van der Waals surface area contributed by atoms with E-state index in [0.29, 0.717) is 4.91 Å². The predicted molar refractivity (Wildman–Crippen MR) is 89.5 cm³/mol. The first-order chi connectivity index (χ1) is 10.1. The summed E-state index contributed by atoms with van der Waals surface area (Å²) < 4.78 is 1.73. The lowest BCUT2D eigenvalue weighted by atomic mass is 10.2. The summed E-state index contributed by atoms with van der Waals surface area (Å²) >= 11 is 5.68. The third-order valence-electron chi connectivity index (χ3n) is 3.34. The molecule has 2 heterocycles. The number of thioether (sulfide) groups is 1. The maximum atomic E-state index is 11.8. The monoisotopic (exact) mass is 317 g/mol. The van der Waals surface area contributed by atoms with Crippen LogP contribution in [0.25, 0.3) is 11.8 Å². The number of aromatic nitrogens is 2. The van der Waals surface area contributed by atoms with Crippen molar-refractivity contribution in [3.63, 3.8) is 0 Å². The fourth-order valence-corrected chi connectivity index (χ4v) is 3.52. The highest BCUT2D eigenvalue weighted by Crippen LogP contribution is 2.32. The van der Waals surface area contributed by atoms with Gasteiger partial charge in [-0.2, -0.15) is 5.10 Å². The van der Waals surface area contributed by atoms with Gasteiger partial charge in [-0.05, 0) is 32.1 Å².